The van der Waals surface area contributed by atoms with Crippen LogP contribution in [0.1, 0.15) is 155 Å². The van der Waals surface area contributed by atoms with E-state index in [0.29, 0.717) is 13.0 Å². The molecular weight excluding hydrogens is 838 g/mol. The Kier molecular flexibility index (Phi) is 45.2. The first-order valence-electron chi connectivity index (χ1n) is 24.2. The van der Waals surface area contributed by atoms with Crippen molar-refractivity contribution in [3.8, 4) is 0 Å². The summed E-state index contributed by atoms with van der Waals surface area (Å²) in [4.78, 5) is 33.6. The van der Waals surface area contributed by atoms with E-state index in [1.807, 2.05) is 12.2 Å². The van der Waals surface area contributed by atoms with Gasteiger partial charge in [-0.2, -0.15) is 0 Å². The summed E-state index contributed by atoms with van der Waals surface area (Å²) in [5.74, 6) is -1.88. The van der Waals surface area contributed by atoms with Crippen LogP contribution in [0.25, 0.3) is 0 Å². The normalized spacial score (nSPS) is 14.9. The molecule has 0 aliphatic carbocycles. The van der Waals surface area contributed by atoms with Crippen molar-refractivity contribution < 1.29 is 42.7 Å². The largest absolute Gasteiger partial charge is 0.480 e. The lowest BCUT2D eigenvalue weighted by atomic mass is 10.1. The predicted octanol–water partition coefficient (Wildman–Crippen LogP) is 14.2. The zero-order chi connectivity index (χ0) is 47.6. The number of hydrogen-bond acceptors (Lipinski definition) is 8. The van der Waals surface area contributed by atoms with Gasteiger partial charge in [0.05, 0.1) is 19.8 Å². The fourth-order valence-corrected chi connectivity index (χ4v) is 6.55. The third-order valence-corrected chi connectivity index (χ3v) is 10.4. The first-order valence-corrected chi connectivity index (χ1v) is 25.7. The highest BCUT2D eigenvalue weighted by Crippen LogP contribution is 2.43. The molecule has 10 nitrogen and oxygen atoms in total. The van der Waals surface area contributed by atoms with Gasteiger partial charge in [-0.3, -0.25) is 18.6 Å². The lowest BCUT2D eigenvalue weighted by Gasteiger charge is -2.20. The highest BCUT2D eigenvalue weighted by Gasteiger charge is 2.27. The quantitative estimate of drug-likeness (QED) is 0.0233. The summed E-state index contributed by atoms with van der Waals surface area (Å²) in [5.41, 5.74) is 5.36. The number of hydrogen-bond donors (Lipinski definition) is 3. The van der Waals surface area contributed by atoms with Crippen LogP contribution in [-0.4, -0.2) is 60.5 Å². The second kappa shape index (κ2) is 48.1. The molecule has 0 aromatic rings. The van der Waals surface area contributed by atoms with Crippen LogP contribution in [0.15, 0.2) is 134 Å². The lowest BCUT2D eigenvalue weighted by molar-refractivity contribution is -0.154. The molecule has 366 valence electrons. The van der Waals surface area contributed by atoms with Gasteiger partial charge in [0, 0.05) is 13.0 Å². The molecule has 0 radical (unpaired) electrons. The summed E-state index contributed by atoms with van der Waals surface area (Å²) in [6, 6.07) is -1.50. The third kappa shape index (κ3) is 47.9. The second-order valence-electron chi connectivity index (χ2n) is 15.5. The van der Waals surface area contributed by atoms with Gasteiger partial charge < -0.3 is 25.2 Å². The number of carboxylic acids is 1. The van der Waals surface area contributed by atoms with Crippen molar-refractivity contribution in [2.75, 3.05) is 26.4 Å². The summed E-state index contributed by atoms with van der Waals surface area (Å²) in [6.45, 7) is 3.51. The molecule has 0 aliphatic rings. The summed E-state index contributed by atoms with van der Waals surface area (Å²) < 4.78 is 33.4. The Balaban J connectivity index is 4.33. The molecule has 3 atom stereocenters. The van der Waals surface area contributed by atoms with Gasteiger partial charge in [-0.15, -0.1) is 0 Å². The summed E-state index contributed by atoms with van der Waals surface area (Å²) in [5, 5.41) is 8.92. The van der Waals surface area contributed by atoms with Gasteiger partial charge in [0.25, 0.3) is 0 Å². The first-order chi connectivity index (χ1) is 31.7. The van der Waals surface area contributed by atoms with Gasteiger partial charge in [0.1, 0.15) is 12.1 Å². The monoisotopic (exact) mass is 924 g/mol. The number of carboxylic acid groups (broad SMARTS) is 1. The zero-order valence-electron chi connectivity index (χ0n) is 40.0. The minimum absolute atomic E-state index is 0.0296. The van der Waals surface area contributed by atoms with Crippen LogP contribution >= 0.6 is 7.82 Å². The zero-order valence-corrected chi connectivity index (χ0v) is 40.9. The summed E-state index contributed by atoms with van der Waals surface area (Å²) in [6.07, 6.45) is 68.1. The molecule has 0 bridgehead atoms. The summed E-state index contributed by atoms with van der Waals surface area (Å²) >= 11 is 0. The average molecular weight is 924 g/mol. The minimum Gasteiger partial charge on any atom is -0.480 e. The molecule has 0 heterocycles. The van der Waals surface area contributed by atoms with Gasteiger partial charge in [-0.05, 0) is 96.3 Å². The second-order valence-corrected chi connectivity index (χ2v) is 16.9. The Morgan fingerprint density at radius 3 is 1.26 bits per heavy atom. The van der Waals surface area contributed by atoms with Crippen molar-refractivity contribution in [1.29, 1.82) is 0 Å². The van der Waals surface area contributed by atoms with Crippen molar-refractivity contribution in [2.45, 2.75) is 167 Å². The number of aliphatic carboxylic acids is 1. The molecule has 0 rings (SSSR count). The molecule has 11 heteroatoms. The molecule has 3 unspecified atom stereocenters. The SMILES string of the molecule is CC/C=C\C/C=C\C/C=C\C/C=C\C/C=C\C/C=C\CCC(=O)OC(COCCCCCCCCCC/C=C\C/C=C\C/C=C\C/C=C\C/C=C\CC)COP(=O)(O)OCC(N)C(=O)O. The fraction of sp³-hybridized carbons (Fsp3) is 0.556. The number of ether oxygens (including phenoxy) is 2. The van der Waals surface area contributed by atoms with Gasteiger partial charge in [0.15, 0.2) is 0 Å². The Morgan fingerprint density at radius 1 is 0.492 bits per heavy atom. The van der Waals surface area contributed by atoms with Crippen molar-refractivity contribution in [3.05, 3.63) is 134 Å². The maximum atomic E-state index is 12.6. The van der Waals surface area contributed by atoms with Gasteiger partial charge >= 0.3 is 19.8 Å². The standard InChI is InChI=1S/C54H86NO9P/c1-3-5-7-9-11-13-15-17-19-21-23-24-25-26-27-29-31-33-35-37-39-41-43-45-47-61-48-51(49-62-65(59,60)63-50-52(55)54(57)58)64-53(56)46-44-42-40-38-36-34-32-30-28-22-20-18-16-14-12-10-8-6-4-2/h5-8,11-14,17-20,23-24,26-28,30,34,36,40,42,51-52H,3-4,9-10,15-16,21-22,25,29,31-33,35,37-39,41,43-50,55H2,1-2H3,(H,57,58)(H,59,60)/b7-5-,8-6-,13-11-,14-12-,19-17-,20-18-,24-23-,27-26-,30-28-,36-34-,42-40-. The third-order valence-electron chi connectivity index (χ3n) is 9.44. The smallest absolute Gasteiger partial charge is 0.472 e. The van der Waals surface area contributed by atoms with Crippen LogP contribution in [0.2, 0.25) is 0 Å². The van der Waals surface area contributed by atoms with Gasteiger partial charge in [-0.25, -0.2) is 4.57 Å². The number of esters is 1. The Morgan fingerprint density at radius 2 is 0.846 bits per heavy atom. The van der Waals surface area contributed by atoms with Crippen molar-refractivity contribution >= 4 is 19.8 Å². The van der Waals surface area contributed by atoms with E-state index in [1.165, 1.54) is 32.1 Å². The Bertz CT molecular complexity index is 1540. The van der Waals surface area contributed by atoms with E-state index in [2.05, 4.69) is 135 Å². The Hall–Kier alpha value is -3.89. The number of phosphoric acid groups is 1. The van der Waals surface area contributed by atoms with Crippen LogP contribution in [-0.2, 0) is 32.7 Å². The molecule has 65 heavy (non-hydrogen) atoms. The topological polar surface area (TPSA) is 155 Å². The maximum Gasteiger partial charge on any atom is 0.472 e. The van der Waals surface area contributed by atoms with E-state index in [-0.39, 0.29) is 13.0 Å². The average Bonchev–Trinajstić information content (AvgIpc) is 3.29. The minimum atomic E-state index is -4.65. The molecule has 0 saturated heterocycles. The van der Waals surface area contributed by atoms with Crippen LogP contribution in [0.4, 0.5) is 0 Å². The highest BCUT2D eigenvalue weighted by atomic mass is 31.2. The molecule has 4 N–H and O–H groups in total. The van der Waals surface area contributed by atoms with Gasteiger partial charge in [0.2, 0.25) is 0 Å². The van der Waals surface area contributed by atoms with E-state index in [9.17, 15) is 19.0 Å². The van der Waals surface area contributed by atoms with Crippen molar-refractivity contribution in [3.63, 3.8) is 0 Å². The number of carbonyl (C=O) groups is 2. The van der Waals surface area contributed by atoms with E-state index in [4.69, 9.17) is 29.4 Å². The molecule has 0 amide bonds. The van der Waals surface area contributed by atoms with E-state index >= 15 is 0 Å². The number of carbonyl (C=O) groups excluding carboxylic acids is 1. The molecule has 0 aromatic heterocycles. The number of nitrogens with two attached hydrogens (primary N) is 1. The van der Waals surface area contributed by atoms with Crippen LogP contribution in [0.5, 0.6) is 0 Å². The predicted molar refractivity (Wildman–Crippen MR) is 272 cm³/mol. The molecule has 0 spiro atoms. The van der Waals surface area contributed by atoms with Crippen LogP contribution in [0.3, 0.4) is 0 Å². The van der Waals surface area contributed by atoms with E-state index in [1.54, 1.807) is 0 Å². The van der Waals surface area contributed by atoms with Crippen LogP contribution < -0.4 is 5.73 Å². The molecule has 0 aliphatic heterocycles. The molecule has 0 aromatic carbocycles. The fourth-order valence-electron chi connectivity index (χ4n) is 5.77. The number of phosphoric ester groups is 1. The molecular formula is C54H86NO9P. The highest BCUT2D eigenvalue weighted by molar-refractivity contribution is 7.47. The molecule has 0 saturated carbocycles. The first kappa shape index (κ1) is 61.1. The maximum absolute atomic E-state index is 12.6. The number of rotatable bonds is 44. The Labute approximate surface area is 394 Å². The van der Waals surface area contributed by atoms with Crippen LogP contribution in [0, 0.1) is 0 Å². The lowest BCUT2D eigenvalue weighted by Crippen LogP contribution is -2.34. The summed E-state index contributed by atoms with van der Waals surface area (Å²) in [7, 11) is -4.65. The van der Waals surface area contributed by atoms with Gasteiger partial charge in [-0.1, -0.05) is 186 Å². The van der Waals surface area contributed by atoms with Crippen molar-refractivity contribution in [2.24, 2.45) is 5.73 Å². The number of allylic oxidation sites excluding steroid dienone is 22. The van der Waals surface area contributed by atoms with Crippen molar-refractivity contribution in [1.82, 2.24) is 0 Å². The molecule has 0 fully saturated rings. The van der Waals surface area contributed by atoms with E-state index in [0.717, 1.165) is 96.3 Å². The van der Waals surface area contributed by atoms with E-state index < -0.39 is 45.1 Å². The number of unbranched alkanes of at least 4 members (excludes halogenated alkanes) is 8.